The van der Waals surface area contributed by atoms with E-state index in [0.29, 0.717) is 0 Å². The molecule has 0 aliphatic carbocycles. The topological polar surface area (TPSA) is 69.4 Å². The van der Waals surface area contributed by atoms with Crippen LogP contribution in [0.1, 0.15) is 44.8 Å². The minimum atomic E-state index is -0.576. The van der Waals surface area contributed by atoms with Crippen molar-refractivity contribution in [2.75, 3.05) is 6.61 Å². The van der Waals surface area contributed by atoms with Gasteiger partial charge in [0.2, 0.25) is 0 Å². The van der Waals surface area contributed by atoms with Gasteiger partial charge in [-0.2, -0.15) is 0 Å². The molecule has 2 saturated heterocycles. The summed E-state index contributed by atoms with van der Waals surface area (Å²) in [7, 11) is 0. The maximum absolute atomic E-state index is 9.41. The zero-order valence-electron chi connectivity index (χ0n) is 13.7. The molecule has 2 aliphatic heterocycles. The molecule has 1 spiro atoms. The zero-order chi connectivity index (χ0) is 16.4. The predicted molar refractivity (Wildman–Crippen MR) is 88.0 cm³/mol. The van der Waals surface area contributed by atoms with Crippen molar-refractivity contribution >= 4 is 0 Å². The summed E-state index contributed by atoms with van der Waals surface area (Å²) in [4.78, 5) is 0. The molecule has 6 nitrogen and oxygen atoms in total. The maximum Gasteiger partial charge on any atom is 0.171 e. The number of rotatable bonds is 3. The molecule has 4 rings (SSSR count). The quantitative estimate of drug-likeness (QED) is 0.937. The van der Waals surface area contributed by atoms with Crippen molar-refractivity contribution in [1.29, 1.82) is 0 Å². The minimum Gasteiger partial charge on any atom is -0.394 e. The molecule has 3 heterocycles. The fourth-order valence-corrected chi connectivity index (χ4v) is 3.68. The molecule has 0 bridgehead atoms. The monoisotopic (exact) mass is 329 g/mol. The van der Waals surface area contributed by atoms with Gasteiger partial charge in [0.1, 0.15) is 5.69 Å². The Labute approximate surface area is 141 Å². The second kappa shape index (κ2) is 6.63. The van der Waals surface area contributed by atoms with Crippen LogP contribution in [-0.4, -0.2) is 38.6 Å². The molecular formula is C18H23N3O3. The van der Waals surface area contributed by atoms with Crippen LogP contribution in [0, 0.1) is 0 Å². The highest BCUT2D eigenvalue weighted by molar-refractivity contribution is 5.57. The number of ether oxygens (including phenoxy) is 2. The van der Waals surface area contributed by atoms with Gasteiger partial charge in [-0.1, -0.05) is 35.5 Å². The lowest BCUT2D eigenvalue weighted by molar-refractivity contribution is -0.332. The Balaban J connectivity index is 1.51. The van der Waals surface area contributed by atoms with Gasteiger partial charge >= 0.3 is 0 Å². The number of aliphatic hydroxyl groups is 1. The molecule has 0 radical (unpaired) electrons. The molecule has 1 aromatic carbocycles. The van der Waals surface area contributed by atoms with Crippen LogP contribution in [0.25, 0.3) is 11.3 Å². The summed E-state index contributed by atoms with van der Waals surface area (Å²) >= 11 is 0. The minimum absolute atomic E-state index is 0.0528. The summed E-state index contributed by atoms with van der Waals surface area (Å²) in [6.07, 6.45) is 7.23. The van der Waals surface area contributed by atoms with Crippen molar-refractivity contribution in [2.45, 2.75) is 56.6 Å². The van der Waals surface area contributed by atoms with Gasteiger partial charge < -0.3 is 14.6 Å². The summed E-state index contributed by atoms with van der Waals surface area (Å²) in [5.41, 5.74) is 1.89. The Bertz CT molecular complexity index is 671. The maximum atomic E-state index is 9.41. The van der Waals surface area contributed by atoms with E-state index in [1.807, 2.05) is 36.5 Å². The molecule has 2 aromatic rings. The summed E-state index contributed by atoms with van der Waals surface area (Å²) in [5.74, 6) is -0.576. The van der Waals surface area contributed by atoms with Crippen LogP contribution in [0.3, 0.4) is 0 Å². The molecule has 1 aromatic heterocycles. The van der Waals surface area contributed by atoms with Crippen LogP contribution in [-0.2, 0) is 9.47 Å². The number of hydrogen-bond acceptors (Lipinski definition) is 5. The average Bonchev–Trinajstić information content (AvgIpc) is 3.13. The van der Waals surface area contributed by atoms with E-state index in [4.69, 9.17) is 9.47 Å². The highest BCUT2D eigenvalue weighted by atomic mass is 16.7. The van der Waals surface area contributed by atoms with Gasteiger partial charge in [-0.15, -0.1) is 5.10 Å². The summed E-state index contributed by atoms with van der Waals surface area (Å²) < 4.78 is 14.2. The lowest BCUT2D eigenvalue weighted by Gasteiger charge is -2.45. The smallest absolute Gasteiger partial charge is 0.171 e. The van der Waals surface area contributed by atoms with E-state index in [2.05, 4.69) is 10.3 Å². The molecule has 1 N–H and O–H groups in total. The van der Waals surface area contributed by atoms with E-state index >= 15 is 0 Å². The van der Waals surface area contributed by atoms with E-state index in [-0.39, 0.29) is 18.9 Å². The number of benzene rings is 1. The largest absolute Gasteiger partial charge is 0.394 e. The van der Waals surface area contributed by atoms with Gasteiger partial charge in [0.15, 0.2) is 12.0 Å². The first-order valence-electron chi connectivity index (χ1n) is 8.72. The molecule has 128 valence electrons. The Hall–Kier alpha value is -1.76. The number of aliphatic hydroxyl groups excluding tert-OH is 1. The number of nitrogens with zero attached hydrogens (tertiary/aromatic N) is 3. The third-order valence-corrected chi connectivity index (χ3v) is 4.90. The molecule has 3 atom stereocenters. The highest BCUT2D eigenvalue weighted by Gasteiger charge is 2.43. The van der Waals surface area contributed by atoms with E-state index in [9.17, 15) is 5.11 Å². The summed E-state index contributed by atoms with van der Waals surface area (Å²) in [6, 6.07) is 10.0. The second-order valence-electron chi connectivity index (χ2n) is 6.64. The third kappa shape index (κ3) is 3.09. The van der Waals surface area contributed by atoms with Crippen molar-refractivity contribution in [2.24, 2.45) is 0 Å². The van der Waals surface area contributed by atoms with E-state index in [1.165, 1.54) is 0 Å². The average molecular weight is 329 g/mol. The standard InChI is InChI=1S/C18H23N3O3/c22-13-15-8-4-10-18(23-15)11-5-9-17(24-18)21-12-16(19-20-21)14-6-2-1-3-7-14/h1-3,6-7,12,15,17,22H,4-5,8-11,13H2/t15-,17-,18-/m0/s1. The van der Waals surface area contributed by atoms with Gasteiger partial charge in [-0.05, 0) is 25.7 Å². The molecule has 0 unspecified atom stereocenters. The van der Waals surface area contributed by atoms with Crippen LogP contribution in [0.4, 0.5) is 0 Å². The Morgan fingerprint density at radius 3 is 2.71 bits per heavy atom. The van der Waals surface area contributed by atoms with Crippen LogP contribution in [0.2, 0.25) is 0 Å². The van der Waals surface area contributed by atoms with Gasteiger partial charge in [0, 0.05) is 18.4 Å². The van der Waals surface area contributed by atoms with Crippen molar-refractivity contribution < 1.29 is 14.6 Å². The summed E-state index contributed by atoms with van der Waals surface area (Å²) in [5, 5.41) is 18.0. The van der Waals surface area contributed by atoms with Crippen LogP contribution in [0.15, 0.2) is 36.5 Å². The molecule has 24 heavy (non-hydrogen) atoms. The fourth-order valence-electron chi connectivity index (χ4n) is 3.68. The Morgan fingerprint density at radius 2 is 1.92 bits per heavy atom. The molecule has 6 heteroatoms. The van der Waals surface area contributed by atoms with Crippen molar-refractivity contribution in [3.63, 3.8) is 0 Å². The predicted octanol–water partition coefficient (Wildman–Crippen LogP) is 2.90. The zero-order valence-corrected chi connectivity index (χ0v) is 13.7. The van der Waals surface area contributed by atoms with Gasteiger partial charge in [-0.3, -0.25) is 0 Å². The fraction of sp³-hybridized carbons (Fsp3) is 0.556. The van der Waals surface area contributed by atoms with Gasteiger partial charge in [0.25, 0.3) is 0 Å². The van der Waals surface area contributed by atoms with Crippen molar-refractivity contribution in [1.82, 2.24) is 15.0 Å². The van der Waals surface area contributed by atoms with Gasteiger partial charge in [-0.25, -0.2) is 4.68 Å². The Morgan fingerprint density at radius 1 is 1.12 bits per heavy atom. The number of hydrogen-bond donors (Lipinski definition) is 1. The van der Waals surface area contributed by atoms with Crippen LogP contribution >= 0.6 is 0 Å². The normalized spacial score (nSPS) is 30.5. The molecular weight excluding hydrogens is 306 g/mol. The SMILES string of the molecule is OC[C@@H]1CCC[C@]2(CCC[C@@H](n3cc(-c4ccccc4)nn3)O2)O1. The van der Waals surface area contributed by atoms with E-state index in [1.54, 1.807) is 4.68 Å². The van der Waals surface area contributed by atoms with Crippen LogP contribution in [0.5, 0.6) is 0 Å². The first kappa shape index (κ1) is 15.7. The lowest BCUT2D eigenvalue weighted by Crippen LogP contribution is -2.47. The second-order valence-corrected chi connectivity index (χ2v) is 6.64. The molecule has 0 saturated carbocycles. The number of aromatic nitrogens is 3. The van der Waals surface area contributed by atoms with Crippen molar-refractivity contribution in [3.05, 3.63) is 36.5 Å². The first-order chi connectivity index (χ1) is 11.8. The lowest BCUT2D eigenvalue weighted by atomic mass is 9.94. The van der Waals surface area contributed by atoms with E-state index < -0.39 is 5.79 Å². The molecule has 2 fully saturated rings. The third-order valence-electron chi connectivity index (χ3n) is 4.90. The first-order valence-corrected chi connectivity index (χ1v) is 8.72. The Kier molecular flexibility index (Phi) is 4.35. The van der Waals surface area contributed by atoms with Crippen LogP contribution < -0.4 is 0 Å². The van der Waals surface area contributed by atoms with E-state index in [0.717, 1.165) is 49.8 Å². The van der Waals surface area contributed by atoms with Gasteiger partial charge in [0.05, 0.1) is 18.9 Å². The molecule has 0 amide bonds. The highest BCUT2D eigenvalue weighted by Crippen LogP contribution is 2.42. The molecule has 2 aliphatic rings. The van der Waals surface area contributed by atoms with Crippen molar-refractivity contribution in [3.8, 4) is 11.3 Å². The summed E-state index contributed by atoms with van der Waals surface area (Å²) in [6.45, 7) is 0.0528.